The largest absolute Gasteiger partial charge is 0.500 e. The van der Waals surface area contributed by atoms with Gasteiger partial charge in [0.1, 0.15) is 19.0 Å². The predicted octanol–water partition coefficient (Wildman–Crippen LogP) is 4.48. The van der Waals surface area contributed by atoms with E-state index in [-0.39, 0.29) is 13.2 Å². The molecule has 0 radical (unpaired) electrons. The molecular weight excluding hydrogens is 470 g/mol. The Labute approximate surface area is 207 Å². The van der Waals surface area contributed by atoms with Crippen LogP contribution in [0.25, 0.3) is 16.8 Å². The number of carbonyl (C=O) groups excluding carboxylic acids is 1. The number of rotatable bonds is 16. The molecule has 0 spiro atoms. The summed E-state index contributed by atoms with van der Waals surface area (Å²) < 4.78 is 28.3. The number of amides is 1. The van der Waals surface area contributed by atoms with E-state index in [0.717, 1.165) is 22.4 Å². The molecule has 2 aromatic rings. The third kappa shape index (κ3) is 10.1. The minimum atomic E-state index is -2.71. The van der Waals surface area contributed by atoms with E-state index in [1.54, 1.807) is 6.08 Å². The van der Waals surface area contributed by atoms with Crippen molar-refractivity contribution in [2.24, 2.45) is 0 Å². The third-order valence-electron chi connectivity index (χ3n) is 4.86. The molecule has 0 saturated carbocycles. The number of carboxylic acid groups (broad SMARTS) is 1. The fraction of sp³-hybridized carbons (Fsp3) is 0.440. The molecule has 2 aromatic carbocycles. The molecule has 0 aliphatic heterocycles. The number of fused-ring (bicyclic) bond motifs is 1. The van der Waals surface area contributed by atoms with Crippen LogP contribution in [0.4, 0.5) is 4.79 Å². The van der Waals surface area contributed by atoms with E-state index in [1.807, 2.05) is 57.2 Å². The van der Waals surface area contributed by atoms with E-state index < -0.39 is 20.9 Å². The Bertz CT molecular complexity index is 964. The monoisotopic (exact) mass is 505 g/mol. The highest BCUT2D eigenvalue weighted by Gasteiger charge is 2.39. The summed E-state index contributed by atoms with van der Waals surface area (Å²) >= 11 is 0. The zero-order valence-corrected chi connectivity index (χ0v) is 21.6. The lowest BCUT2D eigenvalue weighted by Crippen LogP contribution is -2.46. The predicted molar refractivity (Wildman–Crippen MR) is 136 cm³/mol. The first-order valence-corrected chi connectivity index (χ1v) is 13.7. The second kappa shape index (κ2) is 15.2. The molecule has 0 aromatic heterocycles. The first kappa shape index (κ1) is 28.3. The van der Waals surface area contributed by atoms with E-state index in [0.29, 0.717) is 44.6 Å². The molecule has 0 heterocycles. The molecule has 0 saturated heterocycles. The lowest BCUT2D eigenvalue weighted by molar-refractivity contribution is -0.131. The number of ether oxygens (including phenoxy) is 2. The van der Waals surface area contributed by atoms with Crippen molar-refractivity contribution < 1.29 is 37.4 Å². The van der Waals surface area contributed by atoms with E-state index in [4.69, 9.17) is 27.9 Å². The van der Waals surface area contributed by atoms with Gasteiger partial charge in [-0.3, -0.25) is 0 Å². The maximum Gasteiger partial charge on any atom is 0.500 e. The fourth-order valence-corrected chi connectivity index (χ4v) is 6.06. The number of alkyl carbamates (subject to hydrolysis) is 1. The lowest BCUT2D eigenvalue weighted by atomic mass is 10.1. The third-order valence-corrected chi connectivity index (χ3v) is 8.01. The van der Waals surface area contributed by atoms with Crippen molar-refractivity contribution in [2.45, 2.75) is 33.2 Å². The van der Waals surface area contributed by atoms with Gasteiger partial charge in [-0.15, -0.1) is 0 Å². The summed E-state index contributed by atoms with van der Waals surface area (Å²) in [7, 11) is -2.71. The van der Waals surface area contributed by atoms with Crippen LogP contribution in [0.3, 0.4) is 0 Å². The topological polar surface area (TPSA) is 113 Å². The minimum absolute atomic E-state index is 0.109. The minimum Gasteiger partial charge on any atom is -0.490 e. The molecule has 0 aliphatic carbocycles. The van der Waals surface area contributed by atoms with Gasteiger partial charge in [0.15, 0.2) is 0 Å². The standard InChI is InChI=1S/C25H35NO8Si/c1-4-32-35(33-5-2,34-6-3)17-7-14-26-25(29)31-16-15-30-23-12-11-21-18-20(9-13-24(27)28)8-10-22(21)19-23/h8-13,18-19H,4-7,14-17H2,1-3H3,(H,26,29)(H,27,28)/b13-9+. The fourth-order valence-electron chi connectivity index (χ4n) is 3.44. The van der Waals surface area contributed by atoms with Crippen LogP contribution in [-0.2, 0) is 22.8 Å². The smallest absolute Gasteiger partial charge is 0.490 e. The number of carbonyl (C=O) groups is 2. The zero-order chi connectivity index (χ0) is 25.5. The molecule has 35 heavy (non-hydrogen) atoms. The van der Waals surface area contributed by atoms with Gasteiger partial charge in [-0.1, -0.05) is 18.2 Å². The highest BCUT2D eigenvalue weighted by molar-refractivity contribution is 6.60. The van der Waals surface area contributed by atoms with Gasteiger partial charge in [-0.25, -0.2) is 9.59 Å². The SMILES string of the molecule is CCO[Si](CCCNC(=O)OCCOc1ccc2cc(/C=C/C(=O)O)ccc2c1)(OCC)OCC. The highest BCUT2D eigenvalue weighted by Crippen LogP contribution is 2.23. The van der Waals surface area contributed by atoms with Gasteiger partial charge in [-0.2, -0.15) is 0 Å². The van der Waals surface area contributed by atoms with Gasteiger partial charge in [0, 0.05) is 38.5 Å². The molecule has 9 nitrogen and oxygen atoms in total. The molecule has 2 rings (SSSR count). The summed E-state index contributed by atoms with van der Waals surface area (Å²) in [6, 6.07) is 11.8. The van der Waals surface area contributed by atoms with Crippen molar-refractivity contribution >= 4 is 37.7 Å². The molecule has 0 fully saturated rings. The van der Waals surface area contributed by atoms with E-state index in [2.05, 4.69) is 5.32 Å². The number of nitrogens with one attached hydrogen (secondary N) is 1. The van der Waals surface area contributed by atoms with Crippen LogP contribution in [0.5, 0.6) is 5.75 Å². The van der Waals surface area contributed by atoms with E-state index in [1.165, 1.54) is 0 Å². The summed E-state index contributed by atoms with van der Waals surface area (Å²) in [5.74, 6) is -0.336. The molecule has 0 unspecified atom stereocenters. The van der Waals surface area contributed by atoms with Crippen LogP contribution in [0.1, 0.15) is 32.8 Å². The Balaban J connectivity index is 1.71. The first-order valence-electron chi connectivity index (χ1n) is 11.8. The van der Waals surface area contributed by atoms with Crippen LogP contribution in [0, 0.1) is 0 Å². The molecule has 0 atom stereocenters. The van der Waals surface area contributed by atoms with Gasteiger partial charge in [0.25, 0.3) is 0 Å². The molecule has 2 N–H and O–H groups in total. The Kier molecular flexibility index (Phi) is 12.3. The van der Waals surface area contributed by atoms with Crippen molar-refractivity contribution in [1.82, 2.24) is 5.32 Å². The molecule has 0 bridgehead atoms. The van der Waals surface area contributed by atoms with Gasteiger partial charge >= 0.3 is 20.9 Å². The maximum absolute atomic E-state index is 11.9. The van der Waals surface area contributed by atoms with Crippen LogP contribution in [0.2, 0.25) is 6.04 Å². The van der Waals surface area contributed by atoms with Crippen LogP contribution < -0.4 is 10.1 Å². The average Bonchev–Trinajstić information content (AvgIpc) is 2.83. The molecular formula is C25H35NO8Si. The maximum atomic E-state index is 11.9. The van der Waals surface area contributed by atoms with Crippen molar-refractivity contribution in [2.75, 3.05) is 39.6 Å². The quantitative estimate of drug-likeness (QED) is 0.195. The Morgan fingerprint density at radius 1 is 0.943 bits per heavy atom. The van der Waals surface area contributed by atoms with Gasteiger partial charge in [0.05, 0.1) is 0 Å². The molecule has 10 heteroatoms. The van der Waals surface area contributed by atoms with Crippen molar-refractivity contribution in [3.63, 3.8) is 0 Å². The second-order valence-electron chi connectivity index (χ2n) is 7.44. The Morgan fingerprint density at radius 3 is 2.26 bits per heavy atom. The normalized spacial score (nSPS) is 11.6. The van der Waals surface area contributed by atoms with Crippen molar-refractivity contribution in [3.8, 4) is 5.75 Å². The van der Waals surface area contributed by atoms with Crippen molar-refractivity contribution in [1.29, 1.82) is 0 Å². The lowest BCUT2D eigenvalue weighted by Gasteiger charge is -2.28. The zero-order valence-electron chi connectivity index (χ0n) is 20.6. The van der Waals surface area contributed by atoms with Gasteiger partial charge in [0.2, 0.25) is 0 Å². The van der Waals surface area contributed by atoms with E-state index in [9.17, 15) is 9.59 Å². The summed E-state index contributed by atoms with van der Waals surface area (Å²) in [5.41, 5.74) is 0.801. The Hall–Kier alpha value is -2.92. The molecule has 0 aliphatic rings. The van der Waals surface area contributed by atoms with Crippen LogP contribution in [-0.4, -0.2) is 65.6 Å². The van der Waals surface area contributed by atoms with Crippen molar-refractivity contribution in [3.05, 3.63) is 48.0 Å². The first-order chi connectivity index (χ1) is 16.9. The highest BCUT2D eigenvalue weighted by atomic mass is 28.4. The average molecular weight is 506 g/mol. The second-order valence-corrected chi connectivity index (χ2v) is 10.2. The number of benzene rings is 2. The Morgan fingerprint density at radius 2 is 1.60 bits per heavy atom. The van der Waals surface area contributed by atoms with Crippen LogP contribution >= 0.6 is 0 Å². The van der Waals surface area contributed by atoms with Gasteiger partial charge < -0.3 is 33.2 Å². The number of carboxylic acids is 1. The van der Waals surface area contributed by atoms with E-state index >= 15 is 0 Å². The van der Waals surface area contributed by atoms with Gasteiger partial charge in [-0.05, 0) is 67.8 Å². The molecule has 1 amide bonds. The summed E-state index contributed by atoms with van der Waals surface area (Å²) in [4.78, 5) is 22.6. The van der Waals surface area contributed by atoms with Crippen LogP contribution in [0.15, 0.2) is 42.5 Å². The molecule has 192 valence electrons. The number of aliphatic carboxylic acids is 1. The summed E-state index contributed by atoms with van der Waals surface area (Å²) in [6.45, 7) is 8.04. The number of hydrogen-bond acceptors (Lipinski definition) is 7. The summed E-state index contributed by atoms with van der Waals surface area (Å²) in [6.07, 6.45) is 2.80. The summed E-state index contributed by atoms with van der Waals surface area (Å²) in [5, 5.41) is 13.4. The number of hydrogen-bond donors (Lipinski definition) is 2.